The largest absolute Gasteiger partial charge is 0.361 e. The normalized spacial score (nSPS) is 12.7. The third kappa shape index (κ3) is 4.43. The van der Waals surface area contributed by atoms with Crippen molar-refractivity contribution in [2.75, 3.05) is 19.0 Å². The van der Waals surface area contributed by atoms with Gasteiger partial charge in [0.15, 0.2) is 17.0 Å². The molecule has 2 aromatic rings. The van der Waals surface area contributed by atoms with Gasteiger partial charge in [0.1, 0.15) is 6.33 Å². The summed E-state index contributed by atoms with van der Waals surface area (Å²) in [7, 11) is 4.00. The summed E-state index contributed by atoms with van der Waals surface area (Å²) in [6.07, 6.45) is 13.8. The van der Waals surface area contributed by atoms with Crippen LogP contribution in [0.25, 0.3) is 11.2 Å². The van der Waals surface area contributed by atoms with E-state index in [4.69, 9.17) is 0 Å². The first-order valence-electron chi connectivity index (χ1n) is 9.03. The summed E-state index contributed by atoms with van der Waals surface area (Å²) >= 11 is 0. The van der Waals surface area contributed by atoms with E-state index in [2.05, 4.69) is 33.4 Å². The Kier molecular flexibility index (Phi) is 6.81. The van der Waals surface area contributed by atoms with Gasteiger partial charge in [-0.2, -0.15) is 0 Å². The van der Waals surface area contributed by atoms with E-state index in [1.807, 2.05) is 25.3 Å². The Balaban J connectivity index is 2.15. The minimum atomic E-state index is 0.497. The maximum Gasteiger partial charge on any atom is 0.165 e. The van der Waals surface area contributed by atoms with Gasteiger partial charge >= 0.3 is 0 Å². The van der Waals surface area contributed by atoms with Crippen molar-refractivity contribution >= 4 is 17.0 Å². The number of hydrogen-bond donors (Lipinski definition) is 0. The lowest BCUT2D eigenvalue weighted by Gasteiger charge is -2.19. The van der Waals surface area contributed by atoms with E-state index in [0.717, 1.165) is 17.0 Å². The maximum absolute atomic E-state index is 4.60. The molecular formula is C18H31N5. The van der Waals surface area contributed by atoms with E-state index < -0.39 is 0 Å². The van der Waals surface area contributed by atoms with Crippen LogP contribution in [0.2, 0.25) is 0 Å². The summed E-state index contributed by atoms with van der Waals surface area (Å²) in [6, 6.07) is 0.497. The first kappa shape index (κ1) is 17.7. The van der Waals surface area contributed by atoms with Crippen LogP contribution >= 0.6 is 0 Å². The van der Waals surface area contributed by atoms with Gasteiger partial charge in [0.25, 0.3) is 0 Å². The van der Waals surface area contributed by atoms with Crippen LogP contribution in [0.15, 0.2) is 12.7 Å². The standard InChI is InChI=1S/C18H31N5/c1-5-7-8-9-10-12-15(11-6-2)23-14-21-16-17(22(3)4)19-13-20-18(16)23/h13-15H,5-12H2,1-4H3. The predicted molar refractivity (Wildman–Crippen MR) is 97.0 cm³/mol. The lowest BCUT2D eigenvalue weighted by molar-refractivity contribution is 0.415. The monoisotopic (exact) mass is 317 g/mol. The topological polar surface area (TPSA) is 46.8 Å². The molecule has 2 aromatic heterocycles. The fourth-order valence-corrected chi connectivity index (χ4v) is 3.17. The molecule has 0 fully saturated rings. The van der Waals surface area contributed by atoms with Gasteiger partial charge in [0.05, 0.1) is 6.33 Å². The Morgan fingerprint density at radius 1 is 0.957 bits per heavy atom. The second kappa shape index (κ2) is 8.85. The van der Waals surface area contributed by atoms with Crippen LogP contribution in [0.3, 0.4) is 0 Å². The third-order valence-electron chi connectivity index (χ3n) is 4.42. The molecule has 0 saturated carbocycles. The number of rotatable bonds is 10. The fourth-order valence-electron chi connectivity index (χ4n) is 3.17. The van der Waals surface area contributed by atoms with Gasteiger partial charge < -0.3 is 9.47 Å². The number of hydrogen-bond acceptors (Lipinski definition) is 4. The highest BCUT2D eigenvalue weighted by Crippen LogP contribution is 2.27. The van der Waals surface area contributed by atoms with Crippen LogP contribution < -0.4 is 4.90 Å². The van der Waals surface area contributed by atoms with Gasteiger partial charge in [-0.3, -0.25) is 0 Å². The second-order valence-electron chi connectivity index (χ2n) is 6.56. The molecule has 0 aliphatic heterocycles. The number of fused-ring (bicyclic) bond motifs is 1. The van der Waals surface area contributed by atoms with Crippen LogP contribution in [0, 0.1) is 0 Å². The molecule has 1 unspecified atom stereocenters. The average Bonchev–Trinajstić information content (AvgIpc) is 2.97. The maximum atomic E-state index is 4.60. The Morgan fingerprint density at radius 3 is 2.43 bits per heavy atom. The number of imidazole rings is 1. The van der Waals surface area contributed by atoms with Crippen molar-refractivity contribution in [1.82, 2.24) is 19.5 Å². The number of unbranched alkanes of at least 4 members (excludes halogenated alkanes) is 4. The summed E-state index contributed by atoms with van der Waals surface area (Å²) in [6.45, 7) is 4.52. The Labute approximate surface area is 140 Å². The molecule has 0 N–H and O–H groups in total. The minimum absolute atomic E-state index is 0.497. The van der Waals surface area contributed by atoms with E-state index in [9.17, 15) is 0 Å². The molecule has 0 aliphatic carbocycles. The molecule has 0 aromatic carbocycles. The number of anilines is 1. The van der Waals surface area contributed by atoms with Gasteiger partial charge in [-0.1, -0.05) is 52.4 Å². The summed E-state index contributed by atoms with van der Waals surface area (Å²) < 4.78 is 2.27. The fraction of sp³-hybridized carbons (Fsp3) is 0.722. The third-order valence-corrected chi connectivity index (χ3v) is 4.42. The first-order valence-corrected chi connectivity index (χ1v) is 9.03. The highest BCUT2D eigenvalue weighted by atomic mass is 15.2. The number of nitrogens with zero attached hydrogens (tertiary/aromatic N) is 5. The highest BCUT2D eigenvalue weighted by molar-refractivity contribution is 5.83. The summed E-state index contributed by atoms with van der Waals surface area (Å²) in [5.74, 6) is 0.895. The van der Waals surface area contributed by atoms with Gasteiger partial charge in [-0.25, -0.2) is 15.0 Å². The summed E-state index contributed by atoms with van der Waals surface area (Å²) in [4.78, 5) is 15.5. The van der Waals surface area contributed by atoms with Crippen molar-refractivity contribution in [2.45, 2.75) is 71.3 Å². The molecular weight excluding hydrogens is 286 g/mol. The zero-order chi connectivity index (χ0) is 16.7. The zero-order valence-electron chi connectivity index (χ0n) is 15.1. The molecule has 2 heterocycles. The molecule has 5 heteroatoms. The van der Waals surface area contributed by atoms with E-state index in [1.165, 1.54) is 51.4 Å². The van der Waals surface area contributed by atoms with Crippen molar-refractivity contribution in [1.29, 1.82) is 0 Å². The lowest BCUT2D eigenvalue weighted by Crippen LogP contribution is -2.12. The molecule has 0 aliphatic rings. The van der Waals surface area contributed by atoms with Crippen molar-refractivity contribution in [3.05, 3.63) is 12.7 Å². The zero-order valence-corrected chi connectivity index (χ0v) is 15.1. The lowest BCUT2D eigenvalue weighted by atomic mass is 10.0. The first-order chi connectivity index (χ1) is 11.2. The molecule has 1 atom stereocenters. The Hall–Kier alpha value is -1.65. The molecule has 23 heavy (non-hydrogen) atoms. The van der Waals surface area contributed by atoms with Crippen LogP contribution in [-0.2, 0) is 0 Å². The molecule has 0 radical (unpaired) electrons. The Morgan fingerprint density at radius 2 is 1.74 bits per heavy atom. The predicted octanol–water partition coefficient (Wildman–Crippen LogP) is 4.59. The summed E-state index contributed by atoms with van der Waals surface area (Å²) in [5, 5.41) is 0. The molecule has 128 valence electrons. The summed E-state index contributed by atoms with van der Waals surface area (Å²) in [5.41, 5.74) is 1.88. The highest BCUT2D eigenvalue weighted by Gasteiger charge is 2.17. The smallest absolute Gasteiger partial charge is 0.165 e. The van der Waals surface area contributed by atoms with Crippen LogP contribution in [0.5, 0.6) is 0 Å². The number of aromatic nitrogens is 4. The van der Waals surface area contributed by atoms with Crippen molar-refractivity contribution in [2.24, 2.45) is 0 Å². The second-order valence-corrected chi connectivity index (χ2v) is 6.56. The van der Waals surface area contributed by atoms with Gasteiger partial charge in [0, 0.05) is 20.1 Å². The Bertz CT molecular complexity index is 590. The van der Waals surface area contributed by atoms with E-state index >= 15 is 0 Å². The molecule has 0 spiro atoms. The van der Waals surface area contributed by atoms with E-state index in [0.29, 0.717) is 6.04 Å². The SMILES string of the molecule is CCCCCCCC(CCC)n1cnc2c(N(C)C)ncnc21. The van der Waals surface area contributed by atoms with Crippen LogP contribution in [0.4, 0.5) is 5.82 Å². The average molecular weight is 317 g/mol. The van der Waals surface area contributed by atoms with Crippen molar-refractivity contribution in [3.63, 3.8) is 0 Å². The van der Waals surface area contributed by atoms with Crippen molar-refractivity contribution < 1.29 is 0 Å². The van der Waals surface area contributed by atoms with Gasteiger partial charge in [-0.15, -0.1) is 0 Å². The molecule has 2 rings (SSSR count). The molecule has 5 nitrogen and oxygen atoms in total. The van der Waals surface area contributed by atoms with E-state index in [-0.39, 0.29) is 0 Å². The van der Waals surface area contributed by atoms with Crippen LogP contribution in [-0.4, -0.2) is 33.6 Å². The minimum Gasteiger partial charge on any atom is -0.361 e. The quantitative estimate of drug-likeness (QED) is 0.601. The van der Waals surface area contributed by atoms with Crippen LogP contribution in [0.1, 0.15) is 71.3 Å². The molecule has 0 bridgehead atoms. The van der Waals surface area contributed by atoms with Crippen molar-refractivity contribution in [3.8, 4) is 0 Å². The molecule has 0 saturated heterocycles. The van der Waals surface area contributed by atoms with Gasteiger partial charge in [0.2, 0.25) is 0 Å². The van der Waals surface area contributed by atoms with E-state index in [1.54, 1.807) is 6.33 Å². The molecule has 0 amide bonds. The van der Waals surface area contributed by atoms with Gasteiger partial charge in [-0.05, 0) is 12.8 Å².